The Hall–Kier alpha value is -1.36. The van der Waals surface area contributed by atoms with E-state index in [0.717, 1.165) is 6.42 Å². The van der Waals surface area contributed by atoms with E-state index in [4.69, 9.17) is 4.74 Å². The monoisotopic (exact) mass is 297 g/mol. The Morgan fingerprint density at radius 1 is 1.53 bits per heavy atom. The van der Waals surface area contributed by atoms with Gasteiger partial charge in [-0.2, -0.15) is 0 Å². The van der Waals surface area contributed by atoms with Crippen LogP contribution in [0.25, 0.3) is 0 Å². The summed E-state index contributed by atoms with van der Waals surface area (Å²) in [6, 6.07) is 3.38. The van der Waals surface area contributed by atoms with E-state index in [9.17, 15) is 9.59 Å². The standard InChI is InChI=1S/C12H12BrNO3/c1-2-3-10(15)7-4-11-9(5-8(7)13)14-12(16)6-17-11/h4-5H,2-3,6H2,1H3,(H,14,16). The molecular weight excluding hydrogens is 286 g/mol. The first kappa shape index (κ1) is 12.1. The number of hydrogen-bond acceptors (Lipinski definition) is 3. The van der Waals surface area contributed by atoms with Crippen molar-refractivity contribution in [1.82, 2.24) is 0 Å². The van der Waals surface area contributed by atoms with Crippen molar-refractivity contribution >= 4 is 33.3 Å². The van der Waals surface area contributed by atoms with Crippen LogP contribution in [-0.4, -0.2) is 18.3 Å². The minimum Gasteiger partial charge on any atom is -0.482 e. The summed E-state index contributed by atoms with van der Waals surface area (Å²) >= 11 is 3.34. The van der Waals surface area contributed by atoms with Crippen LogP contribution in [0.15, 0.2) is 16.6 Å². The Morgan fingerprint density at radius 2 is 2.29 bits per heavy atom. The van der Waals surface area contributed by atoms with E-state index in [0.29, 0.717) is 27.9 Å². The van der Waals surface area contributed by atoms with E-state index >= 15 is 0 Å². The molecular formula is C12H12BrNO3. The Morgan fingerprint density at radius 3 is 3.00 bits per heavy atom. The summed E-state index contributed by atoms with van der Waals surface area (Å²) in [7, 11) is 0. The molecule has 0 bridgehead atoms. The number of nitrogens with one attached hydrogen (secondary N) is 1. The van der Waals surface area contributed by atoms with E-state index in [-0.39, 0.29) is 18.3 Å². The first-order valence-electron chi connectivity index (χ1n) is 5.41. The molecule has 5 heteroatoms. The van der Waals surface area contributed by atoms with Gasteiger partial charge in [0, 0.05) is 16.5 Å². The van der Waals surface area contributed by atoms with Gasteiger partial charge in [-0.3, -0.25) is 9.59 Å². The van der Waals surface area contributed by atoms with Crippen LogP contribution < -0.4 is 10.1 Å². The van der Waals surface area contributed by atoms with Gasteiger partial charge in [-0.25, -0.2) is 0 Å². The van der Waals surface area contributed by atoms with Gasteiger partial charge in [-0.1, -0.05) is 6.92 Å². The lowest BCUT2D eigenvalue weighted by molar-refractivity contribution is -0.118. The molecule has 4 nitrogen and oxygen atoms in total. The molecule has 2 rings (SSSR count). The summed E-state index contributed by atoms with van der Waals surface area (Å²) < 4.78 is 5.96. The Labute approximate surface area is 107 Å². The summed E-state index contributed by atoms with van der Waals surface area (Å²) in [5, 5.41) is 2.69. The lowest BCUT2D eigenvalue weighted by Gasteiger charge is -2.19. The first-order chi connectivity index (χ1) is 8.11. The molecule has 0 saturated heterocycles. The average Bonchev–Trinajstić information content (AvgIpc) is 2.28. The lowest BCUT2D eigenvalue weighted by atomic mass is 10.1. The molecule has 0 aliphatic carbocycles. The summed E-state index contributed by atoms with van der Waals surface area (Å²) in [4.78, 5) is 23.0. The van der Waals surface area contributed by atoms with Crippen molar-refractivity contribution in [3.8, 4) is 5.75 Å². The highest BCUT2D eigenvalue weighted by Gasteiger charge is 2.20. The molecule has 1 N–H and O–H groups in total. The zero-order chi connectivity index (χ0) is 12.4. The van der Waals surface area contributed by atoms with Gasteiger partial charge in [0.25, 0.3) is 5.91 Å². The topological polar surface area (TPSA) is 55.4 Å². The number of carbonyl (C=O) groups excluding carboxylic acids is 2. The normalized spacial score (nSPS) is 13.6. The van der Waals surface area contributed by atoms with Gasteiger partial charge in [-0.15, -0.1) is 0 Å². The highest BCUT2D eigenvalue weighted by atomic mass is 79.9. The van der Waals surface area contributed by atoms with Crippen LogP contribution in [0.5, 0.6) is 5.75 Å². The van der Waals surface area contributed by atoms with Crippen LogP contribution in [0.2, 0.25) is 0 Å². The zero-order valence-corrected chi connectivity index (χ0v) is 11.0. The fourth-order valence-electron chi connectivity index (χ4n) is 1.68. The van der Waals surface area contributed by atoms with Gasteiger partial charge in [0.1, 0.15) is 5.75 Å². The number of carbonyl (C=O) groups is 2. The third kappa shape index (κ3) is 2.49. The predicted molar refractivity (Wildman–Crippen MR) is 67.5 cm³/mol. The molecule has 0 saturated carbocycles. The smallest absolute Gasteiger partial charge is 0.262 e. The minimum atomic E-state index is -0.183. The second kappa shape index (κ2) is 4.87. The molecule has 0 fully saturated rings. The molecule has 0 aromatic heterocycles. The number of Topliss-reactive ketones (excluding diaryl/α,β-unsaturated/α-hetero) is 1. The zero-order valence-electron chi connectivity index (χ0n) is 9.38. The molecule has 1 aromatic carbocycles. The van der Waals surface area contributed by atoms with Crippen molar-refractivity contribution in [1.29, 1.82) is 0 Å². The summed E-state index contributed by atoms with van der Waals surface area (Å²) in [5.41, 5.74) is 1.20. The van der Waals surface area contributed by atoms with Crippen molar-refractivity contribution in [2.24, 2.45) is 0 Å². The van der Waals surface area contributed by atoms with Crippen LogP contribution in [-0.2, 0) is 4.79 Å². The van der Waals surface area contributed by atoms with Gasteiger partial charge in [0.2, 0.25) is 0 Å². The molecule has 1 amide bonds. The highest BCUT2D eigenvalue weighted by molar-refractivity contribution is 9.10. The maximum atomic E-state index is 11.8. The molecule has 1 aromatic rings. The van der Waals surface area contributed by atoms with Crippen molar-refractivity contribution in [3.63, 3.8) is 0 Å². The van der Waals surface area contributed by atoms with Crippen LogP contribution >= 0.6 is 15.9 Å². The third-order valence-corrected chi connectivity index (χ3v) is 3.14. The maximum absolute atomic E-state index is 11.8. The van der Waals surface area contributed by atoms with Gasteiger partial charge in [0.05, 0.1) is 5.69 Å². The van der Waals surface area contributed by atoms with Crippen LogP contribution in [0.1, 0.15) is 30.1 Å². The van der Waals surface area contributed by atoms with Crippen LogP contribution in [0.3, 0.4) is 0 Å². The molecule has 1 aliphatic rings. The largest absolute Gasteiger partial charge is 0.482 e. The van der Waals surface area contributed by atoms with Gasteiger partial charge in [-0.05, 0) is 34.5 Å². The molecule has 90 valence electrons. The summed E-state index contributed by atoms with van der Waals surface area (Å²) in [6.45, 7) is 1.96. The van der Waals surface area contributed by atoms with Gasteiger partial charge >= 0.3 is 0 Å². The highest BCUT2D eigenvalue weighted by Crippen LogP contribution is 2.34. The fourth-order valence-corrected chi connectivity index (χ4v) is 2.24. The predicted octanol–water partition coefficient (Wildman–Crippen LogP) is 2.76. The van der Waals surface area contributed by atoms with Crippen molar-refractivity contribution in [3.05, 3.63) is 22.2 Å². The second-order valence-electron chi connectivity index (χ2n) is 3.84. The van der Waals surface area contributed by atoms with Gasteiger partial charge in [0.15, 0.2) is 12.4 Å². The SMILES string of the molecule is CCCC(=O)c1cc2c(cc1Br)NC(=O)CO2. The molecule has 0 atom stereocenters. The molecule has 0 unspecified atom stereocenters. The van der Waals surface area contributed by atoms with E-state index in [1.165, 1.54) is 0 Å². The number of ether oxygens (including phenoxy) is 1. The minimum absolute atomic E-state index is 0.00393. The fraction of sp³-hybridized carbons (Fsp3) is 0.333. The number of halogens is 1. The molecule has 1 aliphatic heterocycles. The summed E-state index contributed by atoms with van der Waals surface area (Å²) in [6.07, 6.45) is 1.31. The second-order valence-corrected chi connectivity index (χ2v) is 4.69. The number of rotatable bonds is 3. The van der Waals surface area contributed by atoms with E-state index in [1.807, 2.05) is 6.92 Å². The number of fused-ring (bicyclic) bond motifs is 1. The molecule has 17 heavy (non-hydrogen) atoms. The van der Waals surface area contributed by atoms with Crippen molar-refractivity contribution < 1.29 is 14.3 Å². The third-order valence-electron chi connectivity index (χ3n) is 2.48. The molecule has 0 radical (unpaired) electrons. The maximum Gasteiger partial charge on any atom is 0.262 e. The van der Waals surface area contributed by atoms with E-state index in [2.05, 4.69) is 21.2 Å². The van der Waals surface area contributed by atoms with Crippen molar-refractivity contribution in [2.45, 2.75) is 19.8 Å². The Balaban J connectivity index is 2.37. The summed E-state index contributed by atoms with van der Waals surface area (Å²) in [5.74, 6) is 0.437. The van der Waals surface area contributed by atoms with E-state index in [1.54, 1.807) is 12.1 Å². The Bertz CT molecular complexity index is 485. The van der Waals surface area contributed by atoms with Crippen molar-refractivity contribution in [2.75, 3.05) is 11.9 Å². The van der Waals surface area contributed by atoms with E-state index < -0.39 is 0 Å². The number of hydrogen-bond donors (Lipinski definition) is 1. The molecule has 0 spiro atoms. The first-order valence-corrected chi connectivity index (χ1v) is 6.20. The number of ketones is 1. The van der Waals surface area contributed by atoms with Gasteiger partial charge < -0.3 is 10.1 Å². The number of amides is 1. The number of benzene rings is 1. The van der Waals surface area contributed by atoms with Crippen LogP contribution in [0.4, 0.5) is 5.69 Å². The van der Waals surface area contributed by atoms with Crippen LogP contribution in [0, 0.1) is 0 Å². The Kier molecular flexibility index (Phi) is 3.47. The average molecular weight is 298 g/mol. The molecule has 1 heterocycles. The quantitative estimate of drug-likeness (QED) is 0.873. The lowest BCUT2D eigenvalue weighted by Crippen LogP contribution is -2.25. The number of anilines is 1.